The Hall–Kier alpha value is -1.14. The number of nitrogens with one attached hydrogen (secondary N) is 1. The molecule has 0 atom stereocenters. The molecule has 0 aliphatic heterocycles. The lowest BCUT2D eigenvalue weighted by atomic mass is 10.3. The molecular formula is C10H9BrN2O2S. The van der Waals surface area contributed by atoms with Gasteiger partial charge in [-0.05, 0) is 28.9 Å². The van der Waals surface area contributed by atoms with Crippen LogP contribution in [0.2, 0.25) is 0 Å². The zero-order valence-corrected chi connectivity index (χ0v) is 10.9. The Morgan fingerprint density at radius 3 is 3.06 bits per heavy atom. The van der Waals surface area contributed by atoms with Crippen molar-refractivity contribution < 1.29 is 9.21 Å². The molecule has 2 aromatic rings. The number of hydrogen-bond donors (Lipinski definition) is 1. The molecule has 0 aliphatic rings. The molecular weight excluding hydrogens is 292 g/mol. The van der Waals surface area contributed by atoms with Gasteiger partial charge in [0.2, 0.25) is 0 Å². The Balaban J connectivity index is 1.96. The summed E-state index contributed by atoms with van der Waals surface area (Å²) in [6.07, 6.45) is 1.46. The van der Waals surface area contributed by atoms with E-state index >= 15 is 0 Å². The molecule has 6 heteroatoms. The summed E-state index contributed by atoms with van der Waals surface area (Å²) in [6.45, 7) is 2.36. The Labute approximate surface area is 105 Å². The number of furan rings is 1. The van der Waals surface area contributed by atoms with Crippen LogP contribution in [0.15, 0.2) is 26.8 Å². The number of amides is 1. The van der Waals surface area contributed by atoms with E-state index in [-0.39, 0.29) is 5.91 Å². The van der Waals surface area contributed by atoms with E-state index in [1.54, 1.807) is 17.4 Å². The normalized spacial score (nSPS) is 10.4. The van der Waals surface area contributed by atoms with E-state index in [9.17, 15) is 4.79 Å². The fourth-order valence-corrected chi connectivity index (χ4v) is 2.24. The number of halogens is 1. The molecule has 0 aromatic carbocycles. The number of rotatable bonds is 3. The average molecular weight is 301 g/mol. The van der Waals surface area contributed by atoms with Crippen LogP contribution in [0.5, 0.6) is 0 Å². The summed E-state index contributed by atoms with van der Waals surface area (Å²) in [5, 5.41) is 5.70. The van der Waals surface area contributed by atoms with Crippen molar-refractivity contribution in [1.82, 2.24) is 10.3 Å². The van der Waals surface area contributed by atoms with Crippen LogP contribution in [0, 0.1) is 6.92 Å². The molecule has 1 N–H and O–H groups in total. The van der Waals surface area contributed by atoms with Gasteiger partial charge in [-0.2, -0.15) is 0 Å². The standard InChI is InChI=1S/C10H9BrN2O2S/c1-6-13-7(5-16-6)4-12-10(14)8-2-3-15-9(8)11/h2-3,5H,4H2,1H3,(H,12,14). The van der Waals surface area contributed by atoms with Crippen molar-refractivity contribution in [2.45, 2.75) is 13.5 Å². The summed E-state index contributed by atoms with van der Waals surface area (Å²) < 4.78 is 5.43. The van der Waals surface area contributed by atoms with Crippen molar-refractivity contribution in [3.63, 3.8) is 0 Å². The second-order valence-corrected chi connectivity index (χ2v) is 4.93. The lowest BCUT2D eigenvalue weighted by Crippen LogP contribution is -2.22. The van der Waals surface area contributed by atoms with Gasteiger partial charge in [-0.3, -0.25) is 4.79 Å². The predicted molar refractivity (Wildman–Crippen MR) is 64.4 cm³/mol. The smallest absolute Gasteiger partial charge is 0.256 e. The highest BCUT2D eigenvalue weighted by Gasteiger charge is 2.12. The number of thiazole rings is 1. The minimum atomic E-state index is -0.175. The number of hydrogen-bond acceptors (Lipinski definition) is 4. The van der Waals surface area contributed by atoms with Gasteiger partial charge in [-0.25, -0.2) is 4.98 Å². The molecule has 2 rings (SSSR count). The van der Waals surface area contributed by atoms with Gasteiger partial charge < -0.3 is 9.73 Å². The van der Waals surface area contributed by atoms with Crippen LogP contribution in [0.25, 0.3) is 0 Å². The molecule has 1 amide bonds. The van der Waals surface area contributed by atoms with E-state index < -0.39 is 0 Å². The van der Waals surface area contributed by atoms with Gasteiger partial charge in [-0.1, -0.05) is 0 Å². The largest absolute Gasteiger partial charge is 0.457 e. The van der Waals surface area contributed by atoms with Gasteiger partial charge >= 0.3 is 0 Å². The summed E-state index contributed by atoms with van der Waals surface area (Å²) >= 11 is 4.72. The van der Waals surface area contributed by atoms with Gasteiger partial charge in [0.25, 0.3) is 5.91 Å². The molecule has 0 unspecified atom stereocenters. The van der Waals surface area contributed by atoms with E-state index in [0.29, 0.717) is 16.8 Å². The predicted octanol–water partition coefficient (Wildman–Crippen LogP) is 2.74. The van der Waals surface area contributed by atoms with Crippen molar-refractivity contribution in [1.29, 1.82) is 0 Å². The molecule has 0 spiro atoms. The first-order valence-electron chi connectivity index (χ1n) is 4.59. The van der Waals surface area contributed by atoms with E-state index in [2.05, 4.69) is 26.2 Å². The molecule has 0 fully saturated rings. The van der Waals surface area contributed by atoms with Crippen molar-refractivity contribution in [3.8, 4) is 0 Å². The average Bonchev–Trinajstić information content (AvgIpc) is 2.84. The first kappa shape index (κ1) is 11.3. The monoisotopic (exact) mass is 300 g/mol. The Bertz CT molecular complexity index is 506. The van der Waals surface area contributed by atoms with E-state index in [4.69, 9.17) is 4.42 Å². The molecule has 0 radical (unpaired) electrons. The maximum Gasteiger partial charge on any atom is 0.256 e. The fourth-order valence-electron chi connectivity index (χ4n) is 1.21. The van der Waals surface area contributed by atoms with Crippen LogP contribution in [-0.4, -0.2) is 10.9 Å². The van der Waals surface area contributed by atoms with Gasteiger partial charge in [0.1, 0.15) is 0 Å². The van der Waals surface area contributed by atoms with E-state index in [0.717, 1.165) is 10.7 Å². The summed E-state index contributed by atoms with van der Waals surface area (Å²) in [6, 6.07) is 1.62. The number of carbonyl (C=O) groups excluding carboxylic acids is 1. The van der Waals surface area contributed by atoms with Crippen molar-refractivity contribution in [2.24, 2.45) is 0 Å². The summed E-state index contributed by atoms with van der Waals surface area (Å²) in [7, 11) is 0. The molecule has 0 saturated heterocycles. The molecule has 2 heterocycles. The van der Waals surface area contributed by atoms with Crippen molar-refractivity contribution >= 4 is 33.2 Å². The van der Waals surface area contributed by atoms with Crippen LogP contribution >= 0.6 is 27.3 Å². The first-order valence-corrected chi connectivity index (χ1v) is 6.26. The molecule has 0 saturated carbocycles. The lowest BCUT2D eigenvalue weighted by Gasteiger charge is -2.00. The first-order chi connectivity index (χ1) is 7.66. The molecule has 84 valence electrons. The SMILES string of the molecule is Cc1nc(CNC(=O)c2ccoc2Br)cs1. The number of aromatic nitrogens is 1. The summed E-state index contributed by atoms with van der Waals surface area (Å²) in [5.74, 6) is -0.175. The third-order valence-corrected chi connectivity index (χ3v) is 3.40. The van der Waals surface area contributed by atoms with Gasteiger partial charge in [-0.15, -0.1) is 11.3 Å². The number of carbonyl (C=O) groups is 1. The summed E-state index contributed by atoms with van der Waals surface area (Å²) in [5.41, 5.74) is 1.36. The molecule has 16 heavy (non-hydrogen) atoms. The van der Waals surface area contributed by atoms with Gasteiger partial charge in [0.15, 0.2) is 4.67 Å². The zero-order chi connectivity index (χ0) is 11.5. The van der Waals surface area contributed by atoms with Crippen LogP contribution in [0.4, 0.5) is 0 Å². The maximum atomic E-state index is 11.7. The third kappa shape index (κ3) is 2.51. The van der Waals surface area contributed by atoms with Gasteiger partial charge in [0.05, 0.1) is 29.1 Å². The van der Waals surface area contributed by atoms with Crippen LogP contribution in [0.3, 0.4) is 0 Å². The van der Waals surface area contributed by atoms with Crippen molar-refractivity contribution in [2.75, 3.05) is 0 Å². The zero-order valence-electron chi connectivity index (χ0n) is 8.49. The minimum Gasteiger partial charge on any atom is -0.457 e. The molecule has 2 aromatic heterocycles. The quantitative estimate of drug-likeness (QED) is 0.948. The minimum absolute atomic E-state index is 0.175. The van der Waals surface area contributed by atoms with E-state index in [1.165, 1.54) is 6.26 Å². The van der Waals surface area contributed by atoms with Crippen LogP contribution < -0.4 is 5.32 Å². The number of nitrogens with zero attached hydrogens (tertiary/aromatic N) is 1. The number of aryl methyl sites for hydroxylation is 1. The topological polar surface area (TPSA) is 55.1 Å². The van der Waals surface area contributed by atoms with Crippen LogP contribution in [-0.2, 0) is 6.54 Å². The van der Waals surface area contributed by atoms with Gasteiger partial charge in [0, 0.05) is 5.38 Å². The Morgan fingerprint density at radius 2 is 2.50 bits per heavy atom. The van der Waals surface area contributed by atoms with Crippen LogP contribution in [0.1, 0.15) is 21.1 Å². The summed E-state index contributed by atoms with van der Waals surface area (Å²) in [4.78, 5) is 15.9. The second-order valence-electron chi connectivity index (χ2n) is 3.15. The fraction of sp³-hybridized carbons (Fsp3) is 0.200. The second kappa shape index (κ2) is 4.80. The highest BCUT2D eigenvalue weighted by atomic mass is 79.9. The Morgan fingerprint density at radius 1 is 1.69 bits per heavy atom. The lowest BCUT2D eigenvalue weighted by molar-refractivity contribution is 0.0948. The Kier molecular flexibility index (Phi) is 3.40. The third-order valence-electron chi connectivity index (χ3n) is 1.96. The highest BCUT2D eigenvalue weighted by molar-refractivity contribution is 9.10. The molecule has 0 aliphatic carbocycles. The molecule has 0 bridgehead atoms. The van der Waals surface area contributed by atoms with Crippen molar-refractivity contribution in [3.05, 3.63) is 38.6 Å². The molecule has 4 nitrogen and oxygen atoms in total. The highest BCUT2D eigenvalue weighted by Crippen LogP contribution is 2.17. The van der Waals surface area contributed by atoms with E-state index in [1.807, 2.05) is 12.3 Å². The maximum absolute atomic E-state index is 11.7.